The zero-order valence-electron chi connectivity index (χ0n) is 11.3. The van der Waals surface area contributed by atoms with E-state index in [2.05, 4.69) is 20.5 Å². The minimum absolute atomic E-state index is 0.243. The van der Waals surface area contributed by atoms with Crippen LogP contribution in [0, 0.1) is 12.7 Å². The molecule has 1 atom stereocenters. The molecule has 0 aliphatic heterocycles. The summed E-state index contributed by atoms with van der Waals surface area (Å²) in [6.45, 7) is 3.89. The standard InChI is InChI=1S/C14H17FN4/c1-4-13-11(7-9(2)18-19-13)14(16-3)10-5-6-17-8-12(10)15/h5-8,14,16H,4H2,1-3H3. The molecule has 2 aromatic rings. The first-order valence-electron chi connectivity index (χ1n) is 6.27. The number of aromatic nitrogens is 3. The number of nitrogens with one attached hydrogen (secondary N) is 1. The van der Waals surface area contributed by atoms with Crippen molar-refractivity contribution in [3.63, 3.8) is 0 Å². The van der Waals surface area contributed by atoms with Gasteiger partial charge in [-0.2, -0.15) is 10.2 Å². The van der Waals surface area contributed by atoms with Crippen molar-refractivity contribution in [2.45, 2.75) is 26.3 Å². The fraction of sp³-hybridized carbons (Fsp3) is 0.357. The molecule has 2 heterocycles. The zero-order chi connectivity index (χ0) is 13.8. The Morgan fingerprint density at radius 2 is 2.11 bits per heavy atom. The molecule has 0 spiro atoms. The van der Waals surface area contributed by atoms with Gasteiger partial charge in [0, 0.05) is 11.8 Å². The Morgan fingerprint density at radius 1 is 1.32 bits per heavy atom. The summed E-state index contributed by atoms with van der Waals surface area (Å²) < 4.78 is 13.9. The van der Waals surface area contributed by atoms with E-state index < -0.39 is 0 Å². The molecule has 19 heavy (non-hydrogen) atoms. The molecule has 0 saturated carbocycles. The highest BCUT2D eigenvalue weighted by Crippen LogP contribution is 2.26. The Hall–Kier alpha value is -1.88. The van der Waals surface area contributed by atoms with E-state index in [4.69, 9.17) is 0 Å². The highest BCUT2D eigenvalue weighted by atomic mass is 19.1. The predicted molar refractivity (Wildman–Crippen MR) is 71.2 cm³/mol. The monoisotopic (exact) mass is 260 g/mol. The number of pyridine rings is 1. The Balaban J connectivity index is 2.54. The normalized spacial score (nSPS) is 12.4. The predicted octanol–water partition coefficient (Wildman–Crippen LogP) is 2.19. The molecule has 5 heteroatoms. The van der Waals surface area contributed by atoms with E-state index in [1.165, 1.54) is 6.20 Å². The summed E-state index contributed by atoms with van der Waals surface area (Å²) in [6.07, 6.45) is 3.58. The van der Waals surface area contributed by atoms with Crippen molar-refractivity contribution in [1.29, 1.82) is 0 Å². The van der Waals surface area contributed by atoms with Crippen LogP contribution in [0.15, 0.2) is 24.5 Å². The Morgan fingerprint density at radius 3 is 2.74 bits per heavy atom. The molecule has 2 rings (SSSR count). The van der Waals surface area contributed by atoms with E-state index in [0.29, 0.717) is 5.56 Å². The molecular weight excluding hydrogens is 243 g/mol. The topological polar surface area (TPSA) is 50.7 Å². The van der Waals surface area contributed by atoms with Gasteiger partial charge in [0.2, 0.25) is 0 Å². The molecule has 4 nitrogen and oxygen atoms in total. The SMILES string of the molecule is CCc1nnc(C)cc1C(NC)c1ccncc1F. The first kappa shape index (κ1) is 13.5. The van der Waals surface area contributed by atoms with Crippen molar-refractivity contribution >= 4 is 0 Å². The van der Waals surface area contributed by atoms with Gasteiger partial charge in [0.05, 0.1) is 23.6 Å². The van der Waals surface area contributed by atoms with Crippen molar-refractivity contribution in [2.75, 3.05) is 7.05 Å². The lowest BCUT2D eigenvalue weighted by atomic mass is 9.97. The molecule has 0 saturated heterocycles. The molecule has 100 valence electrons. The highest BCUT2D eigenvalue weighted by molar-refractivity contribution is 5.34. The summed E-state index contributed by atoms with van der Waals surface area (Å²) in [7, 11) is 1.81. The molecule has 2 aromatic heterocycles. The maximum Gasteiger partial charge on any atom is 0.146 e. The van der Waals surface area contributed by atoms with Crippen LogP contribution < -0.4 is 5.32 Å². The summed E-state index contributed by atoms with van der Waals surface area (Å²) in [4.78, 5) is 3.78. The molecular formula is C14H17FN4. The molecule has 0 aliphatic rings. The fourth-order valence-corrected chi connectivity index (χ4v) is 2.16. The van der Waals surface area contributed by atoms with Crippen molar-refractivity contribution in [3.8, 4) is 0 Å². The van der Waals surface area contributed by atoms with E-state index in [1.807, 2.05) is 19.9 Å². The summed E-state index contributed by atoms with van der Waals surface area (Å²) in [6, 6.07) is 3.39. The summed E-state index contributed by atoms with van der Waals surface area (Å²) in [5, 5.41) is 11.4. The lowest BCUT2D eigenvalue weighted by molar-refractivity contribution is 0.566. The van der Waals surface area contributed by atoms with Gasteiger partial charge in [-0.1, -0.05) is 6.92 Å². The number of nitrogens with zero attached hydrogens (tertiary/aromatic N) is 3. The lowest BCUT2D eigenvalue weighted by Crippen LogP contribution is -2.21. The average molecular weight is 260 g/mol. The second kappa shape index (κ2) is 5.84. The molecule has 1 unspecified atom stereocenters. The number of halogens is 1. The van der Waals surface area contributed by atoms with Gasteiger partial charge in [-0.05, 0) is 38.1 Å². The molecule has 0 bridgehead atoms. The van der Waals surface area contributed by atoms with Crippen molar-refractivity contribution in [1.82, 2.24) is 20.5 Å². The molecule has 1 N–H and O–H groups in total. The average Bonchev–Trinajstić information content (AvgIpc) is 2.42. The zero-order valence-corrected chi connectivity index (χ0v) is 11.3. The summed E-state index contributed by atoms with van der Waals surface area (Å²) in [5.74, 6) is -0.321. The first-order chi connectivity index (χ1) is 9.17. The minimum Gasteiger partial charge on any atom is -0.309 e. The summed E-state index contributed by atoms with van der Waals surface area (Å²) >= 11 is 0. The third kappa shape index (κ3) is 2.76. The van der Waals surface area contributed by atoms with Gasteiger partial charge in [-0.3, -0.25) is 4.98 Å². The van der Waals surface area contributed by atoms with Crippen LogP contribution in [-0.4, -0.2) is 22.2 Å². The van der Waals surface area contributed by atoms with E-state index in [9.17, 15) is 4.39 Å². The van der Waals surface area contributed by atoms with Gasteiger partial charge < -0.3 is 5.32 Å². The number of rotatable bonds is 4. The first-order valence-corrected chi connectivity index (χ1v) is 6.27. The van der Waals surface area contributed by atoms with Gasteiger partial charge in [-0.25, -0.2) is 4.39 Å². The summed E-state index contributed by atoms with van der Waals surface area (Å²) in [5.41, 5.74) is 3.23. The van der Waals surface area contributed by atoms with Crippen molar-refractivity contribution in [3.05, 3.63) is 52.9 Å². The number of aryl methyl sites for hydroxylation is 2. The molecule has 0 fully saturated rings. The Bertz CT molecular complexity index is 571. The van der Waals surface area contributed by atoms with Crippen molar-refractivity contribution in [2.24, 2.45) is 0 Å². The maximum absolute atomic E-state index is 13.9. The molecule has 0 aliphatic carbocycles. The minimum atomic E-state index is -0.321. The van der Waals surface area contributed by atoms with E-state index >= 15 is 0 Å². The van der Waals surface area contributed by atoms with Gasteiger partial charge >= 0.3 is 0 Å². The van der Waals surface area contributed by atoms with Crippen LogP contribution in [0.1, 0.15) is 35.5 Å². The highest BCUT2D eigenvalue weighted by Gasteiger charge is 2.20. The van der Waals surface area contributed by atoms with Gasteiger partial charge in [0.1, 0.15) is 5.82 Å². The van der Waals surface area contributed by atoms with Crippen molar-refractivity contribution < 1.29 is 4.39 Å². The van der Waals surface area contributed by atoms with E-state index in [1.54, 1.807) is 19.3 Å². The van der Waals surface area contributed by atoms with Crippen LogP contribution in [0.2, 0.25) is 0 Å². The van der Waals surface area contributed by atoms with Crippen LogP contribution in [0.3, 0.4) is 0 Å². The lowest BCUT2D eigenvalue weighted by Gasteiger charge is -2.20. The second-order valence-corrected chi connectivity index (χ2v) is 4.36. The number of hydrogen-bond acceptors (Lipinski definition) is 4. The van der Waals surface area contributed by atoms with Crippen LogP contribution >= 0.6 is 0 Å². The van der Waals surface area contributed by atoms with E-state index in [0.717, 1.165) is 23.4 Å². The fourth-order valence-electron chi connectivity index (χ4n) is 2.16. The largest absolute Gasteiger partial charge is 0.309 e. The van der Waals surface area contributed by atoms with Crippen LogP contribution in [0.4, 0.5) is 4.39 Å². The van der Waals surface area contributed by atoms with Crippen LogP contribution in [0.25, 0.3) is 0 Å². The van der Waals surface area contributed by atoms with E-state index in [-0.39, 0.29) is 11.9 Å². The van der Waals surface area contributed by atoms with Crippen LogP contribution in [-0.2, 0) is 6.42 Å². The molecule has 0 aromatic carbocycles. The quantitative estimate of drug-likeness (QED) is 0.915. The molecule has 0 amide bonds. The Kier molecular flexibility index (Phi) is 4.16. The smallest absolute Gasteiger partial charge is 0.146 e. The van der Waals surface area contributed by atoms with Gasteiger partial charge in [0.15, 0.2) is 0 Å². The Labute approximate surface area is 112 Å². The van der Waals surface area contributed by atoms with Gasteiger partial charge in [-0.15, -0.1) is 0 Å². The molecule has 0 radical (unpaired) electrons. The second-order valence-electron chi connectivity index (χ2n) is 4.36. The third-order valence-corrected chi connectivity index (χ3v) is 3.08. The van der Waals surface area contributed by atoms with Gasteiger partial charge in [0.25, 0.3) is 0 Å². The third-order valence-electron chi connectivity index (χ3n) is 3.08. The van der Waals surface area contributed by atoms with Crippen LogP contribution in [0.5, 0.6) is 0 Å². The number of hydrogen-bond donors (Lipinski definition) is 1. The maximum atomic E-state index is 13.9.